The van der Waals surface area contributed by atoms with Gasteiger partial charge in [0.15, 0.2) is 5.78 Å². The molecule has 0 aliphatic heterocycles. The Morgan fingerprint density at radius 1 is 1.50 bits per heavy atom. The van der Waals surface area contributed by atoms with E-state index < -0.39 is 0 Å². The second kappa shape index (κ2) is 5.15. The largest absolute Gasteiger partial charge is 0.496 e. The number of halogens is 1. The van der Waals surface area contributed by atoms with Gasteiger partial charge in [-0.2, -0.15) is 0 Å². The highest BCUT2D eigenvalue weighted by molar-refractivity contribution is 9.09. The minimum Gasteiger partial charge on any atom is -0.496 e. The van der Waals surface area contributed by atoms with Gasteiger partial charge in [0.25, 0.3) is 0 Å². The van der Waals surface area contributed by atoms with Gasteiger partial charge in [-0.05, 0) is 24.1 Å². The van der Waals surface area contributed by atoms with E-state index in [0.717, 1.165) is 12.0 Å². The number of rotatable bonds is 4. The van der Waals surface area contributed by atoms with E-state index in [2.05, 4.69) is 22.9 Å². The number of benzene rings is 1. The highest BCUT2D eigenvalue weighted by atomic mass is 79.9. The van der Waals surface area contributed by atoms with Gasteiger partial charge in [-0.15, -0.1) is 0 Å². The summed E-state index contributed by atoms with van der Waals surface area (Å²) in [4.78, 5) is 11.5. The van der Waals surface area contributed by atoms with Crippen molar-refractivity contribution >= 4 is 21.7 Å². The lowest BCUT2D eigenvalue weighted by Crippen LogP contribution is -2.03. The second-order valence-electron chi connectivity index (χ2n) is 2.94. The molecular formula is C11H13BrO2. The van der Waals surface area contributed by atoms with Crippen molar-refractivity contribution in [2.45, 2.75) is 13.3 Å². The number of aryl methyl sites for hydroxylation is 1. The minimum absolute atomic E-state index is 0.0529. The van der Waals surface area contributed by atoms with Crippen LogP contribution in [0.5, 0.6) is 5.75 Å². The quantitative estimate of drug-likeness (QED) is 0.612. The topological polar surface area (TPSA) is 26.3 Å². The van der Waals surface area contributed by atoms with Crippen LogP contribution in [-0.4, -0.2) is 18.2 Å². The Labute approximate surface area is 92.4 Å². The van der Waals surface area contributed by atoms with E-state index in [0.29, 0.717) is 16.6 Å². The predicted molar refractivity (Wildman–Crippen MR) is 60.5 cm³/mol. The summed E-state index contributed by atoms with van der Waals surface area (Å²) in [6.45, 7) is 2.06. The molecule has 3 heteroatoms. The first-order valence-electron chi connectivity index (χ1n) is 4.49. The predicted octanol–water partition coefficient (Wildman–Crippen LogP) is 2.84. The summed E-state index contributed by atoms with van der Waals surface area (Å²) < 4.78 is 5.13. The van der Waals surface area contributed by atoms with Crippen LogP contribution in [0.3, 0.4) is 0 Å². The molecule has 0 N–H and O–H groups in total. The van der Waals surface area contributed by atoms with Crippen LogP contribution in [0.15, 0.2) is 18.2 Å². The summed E-state index contributed by atoms with van der Waals surface area (Å²) >= 11 is 3.16. The molecule has 0 aliphatic carbocycles. The number of hydrogen-bond donors (Lipinski definition) is 0. The maximum atomic E-state index is 11.5. The molecule has 0 saturated heterocycles. The number of alkyl halides is 1. The number of hydrogen-bond acceptors (Lipinski definition) is 2. The van der Waals surface area contributed by atoms with Crippen LogP contribution < -0.4 is 4.74 Å². The van der Waals surface area contributed by atoms with Gasteiger partial charge in [0.1, 0.15) is 5.75 Å². The van der Waals surface area contributed by atoms with Crippen LogP contribution >= 0.6 is 15.9 Å². The molecule has 0 aromatic heterocycles. The lowest BCUT2D eigenvalue weighted by Gasteiger charge is -2.07. The molecule has 1 rings (SSSR count). The first-order chi connectivity index (χ1) is 6.72. The van der Waals surface area contributed by atoms with Crippen molar-refractivity contribution in [1.82, 2.24) is 0 Å². The molecule has 14 heavy (non-hydrogen) atoms. The molecular weight excluding hydrogens is 244 g/mol. The van der Waals surface area contributed by atoms with E-state index in [1.165, 1.54) is 0 Å². The summed E-state index contributed by atoms with van der Waals surface area (Å²) in [5.74, 6) is 0.698. The Morgan fingerprint density at radius 2 is 2.21 bits per heavy atom. The van der Waals surface area contributed by atoms with E-state index in [1.54, 1.807) is 7.11 Å². The van der Waals surface area contributed by atoms with Crippen molar-refractivity contribution in [2.24, 2.45) is 0 Å². The molecule has 0 fully saturated rings. The van der Waals surface area contributed by atoms with Gasteiger partial charge in [-0.1, -0.05) is 28.9 Å². The number of Topliss-reactive ketones (excluding diaryl/α,β-unsaturated/α-hetero) is 1. The van der Waals surface area contributed by atoms with Crippen LogP contribution in [-0.2, 0) is 6.42 Å². The normalized spacial score (nSPS) is 9.93. The van der Waals surface area contributed by atoms with Crippen molar-refractivity contribution in [3.05, 3.63) is 29.3 Å². The molecule has 0 amide bonds. The van der Waals surface area contributed by atoms with Crippen LogP contribution in [0.25, 0.3) is 0 Å². The van der Waals surface area contributed by atoms with E-state index >= 15 is 0 Å². The van der Waals surface area contributed by atoms with Gasteiger partial charge in [0.05, 0.1) is 18.0 Å². The SMILES string of the molecule is CCc1ccc(OC)c(C(=O)CBr)c1. The molecule has 0 bridgehead atoms. The summed E-state index contributed by atoms with van der Waals surface area (Å²) in [5.41, 5.74) is 1.80. The summed E-state index contributed by atoms with van der Waals surface area (Å²) in [7, 11) is 1.58. The molecule has 76 valence electrons. The monoisotopic (exact) mass is 256 g/mol. The smallest absolute Gasteiger partial charge is 0.177 e. The Hall–Kier alpha value is -0.830. The zero-order valence-corrected chi connectivity index (χ0v) is 9.93. The third-order valence-corrected chi connectivity index (χ3v) is 2.60. The zero-order valence-electron chi connectivity index (χ0n) is 8.34. The van der Waals surface area contributed by atoms with Crippen LogP contribution in [0.2, 0.25) is 0 Å². The molecule has 0 saturated carbocycles. The van der Waals surface area contributed by atoms with Gasteiger partial charge < -0.3 is 4.74 Å². The first-order valence-corrected chi connectivity index (χ1v) is 5.61. The molecule has 0 atom stereocenters. The third-order valence-electron chi connectivity index (χ3n) is 2.09. The fourth-order valence-electron chi connectivity index (χ4n) is 1.26. The van der Waals surface area contributed by atoms with E-state index in [9.17, 15) is 4.79 Å². The fraction of sp³-hybridized carbons (Fsp3) is 0.364. The van der Waals surface area contributed by atoms with E-state index in [4.69, 9.17) is 4.74 Å². The molecule has 0 heterocycles. The lowest BCUT2D eigenvalue weighted by atomic mass is 10.1. The molecule has 0 radical (unpaired) electrons. The molecule has 0 spiro atoms. The maximum Gasteiger partial charge on any atom is 0.177 e. The molecule has 1 aromatic rings. The lowest BCUT2D eigenvalue weighted by molar-refractivity contribution is 0.102. The maximum absolute atomic E-state index is 11.5. The van der Waals surface area contributed by atoms with Crippen molar-refractivity contribution in [1.29, 1.82) is 0 Å². The molecule has 0 unspecified atom stereocenters. The fourth-order valence-corrected chi connectivity index (χ4v) is 1.57. The Morgan fingerprint density at radius 3 is 2.71 bits per heavy atom. The van der Waals surface area contributed by atoms with Crippen molar-refractivity contribution in [2.75, 3.05) is 12.4 Å². The van der Waals surface area contributed by atoms with Gasteiger partial charge in [-0.25, -0.2) is 0 Å². The molecule has 0 aliphatic rings. The van der Waals surface area contributed by atoms with Crippen LogP contribution in [0, 0.1) is 0 Å². The Balaban J connectivity index is 3.14. The van der Waals surface area contributed by atoms with Crippen LogP contribution in [0.1, 0.15) is 22.8 Å². The van der Waals surface area contributed by atoms with Gasteiger partial charge >= 0.3 is 0 Å². The van der Waals surface area contributed by atoms with Crippen molar-refractivity contribution in [3.8, 4) is 5.75 Å². The number of ether oxygens (including phenoxy) is 1. The average Bonchev–Trinajstić information content (AvgIpc) is 2.27. The van der Waals surface area contributed by atoms with Crippen molar-refractivity contribution < 1.29 is 9.53 Å². The van der Waals surface area contributed by atoms with Crippen LogP contribution in [0.4, 0.5) is 0 Å². The standard InChI is InChI=1S/C11H13BrO2/c1-3-8-4-5-11(14-2)9(6-8)10(13)7-12/h4-6H,3,7H2,1-2H3. The second-order valence-corrected chi connectivity index (χ2v) is 3.51. The van der Waals surface area contributed by atoms with Gasteiger partial charge in [0, 0.05) is 0 Å². The summed E-state index contributed by atoms with van der Waals surface area (Å²) in [6, 6.07) is 5.71. The number of carbonyl (C=O) groups excluding carboxylic acids is 1. The Bertz CT molecular complexity index is 334. The summed E-state index contributed by atoms with van der Waals surface area (Å²) in [6.07, 6.45) is 0.923. The Kier molecular flexibility index (Phi) is 4.14. The summed E-state index contributed by atoms with van der Waals surface area (Å²) in [5, 5.41) is 0.330. The highest BCUT2D eigenvalue weighted by Crippen LogP contribution is 2.21. The third kappa shape index (κ3) is 2.35. The van der Waals surface area contributed by atoms with Crippen molar-refractivity contribution in [3.63, 3.8) is 0 Å². The molecule has 1 aromatic carbocycles. The highest BCUT2D eigenvalue weighted by Gasteiger charge is 2.10. The number of ketones is 1. The molecule has 2 nitrogen and oxygen atoms in total. The first kappa shape index (κ1) is 11.2. The van der Waals surface area contributed by atoms with Gasteiger partial charge in [-0.3, -0.25) is 4.79 Å². The zero-order chi connectivity index (χ0) is 10.6. The van der Waals surface area contributed by atoms with E-state index in [1.807, 2.05) is 18.2 Å². The van der Waals surface area contributed by atoms with Gasteiger partial charge in [0.2, 0.25) is 0 Å². The average molecular weight is 257 g/mol. The van der Waals surface area contributed by atoms with E-state index in [-0.39, 0.29) is 5.78 Å². The number of carbonyl (C=O) groups is 1. The number of methoxy groups -OCH3 is 1. The minimum atomic E-state index is 0.0529.